The van der Waals surface area contributed by atoms with Crippen LogP contribution in [-0.4, -0.2) is 61.9 Å². The van der Waals surface area contributed by atoms with E-state index in [4.69, 9.17) is 0 Å². The number of aromatic nitrogens is 5. The highest BCUT2D eigenvalue weighted by Crippen LogP contribution is 2.22. The molecular weight excluding hydrogens is 330 g/mol. The van der Waals surface area contributed by atoms with Crippen molar-refractivity contribution in [2.75, 3.05) is 31.1 Å². The van der Waals surface area contributed by atoms with E-state index in [0.717, 1.165) is 22.6 Å². The third-order valence-electron chi connectivity index (χ3n) is 4.75. The number of nitrogens with zero attached hydrogens (tertiary/aromatic N) is 7. The second-order valence-corrected chi connectivity index (χ2v) is 6.42. The molecular formula is C18H21N7O. The molecule has 1 aromatic carbocycles. The molecule has 0 spiro atoms. The van der Waals surface area contributed by atoms with E-state index >= 15 is 0 Å². The lowest BCUT2D eigenvalue weighted by molar-refractivity contribution is 0.0746. The molecule has 1 aliphatic rings. The first-order valence-corrected chi connectivity index (χ1v) is 8.82. The van der Waals surface area contributed by atoms with Gasteiger partial charge in [0.1, 0.15) is 6.33 Å². The van der Waals surface area contributed by atoms with Gasteiger partial charge in [-0.25, -0.2) is 14.6 Å². The molecule has 4 rings (SSSR count). The lowest BCUT2D eigenvalue weighted by atomic mass is 10.1. The van der Waals surface area contributed by atoms with Crippen molar-refractivity contribution in [2.45, 2.75) is 20.4 Å². The summed E-state index contributed by atoms with van der Waals surface area (Å²) in [5.74, 6) is 0.867. The summed E-state index contributed by atoms with van der Waals surface area (Å²) in [6.07, 6.45) is 1.55. The molecule has 3 heterocycles. The lowest BCUT2D eigenvalue weighted by Gasteiger charge is -2.35. The number of fused-ring (bicyclic) bond motifs is 1. The van der Waals surface area contributed by atoms with Crippen LogP contribution in [0.5, 0.6) is 0 Å². The number of hydrogen-bond acceptors (Lipinski definition) is 6. The first-order valence-electron chi connectivity index (χ1n) is 8.82. The standard InChI is InChI=1S/C18H21N7O/c1-3-25-17-15(21-22-25)16(19-12-20-17)23-8-10-24(11-9-23)18(26)14-6-4-13(2)5-7-14/h4-7,12H,3,8-11H2,1-2H3. The van der Waals surface area contributed by atoms with Gasteiger partial charge in [0.15, 0.2) is 17.0 Å². The molecule has 0 bridgehead atoms. The van der Waals surface area contributed by atoms with E-state index in [1.807, 2.05) is 43.0 Å². The maximum absolute atomic E-state index is 12.7. The minimum absolute atomic E-state index is 0.0782. The number of hydrogen-bond donors (Lipinski definition) is 0. The van der Waals surface area contributed by atoms with Gasteiger partial charge in [0, 0.05) is 38.3 Å². The first kappa shape index (κ1) is 16.4. The number of benzene rings is 1. The van der Waals surface area contributed by atoms with E-state index in [1.54, 1.807) is 11.0 Å². The zero-order valence-electron chi connectivity index (χ0n) is 15.0. The van der Waals surface area contributed by atoms with Crippen molar-refractivity contribution >= 4 is 22.9 Å². The minimum Gasteiger partial charge on any atom is -0.351 e. The molecule has 8 heteroatoms. The van der Waals surface area contributed by atoms with Gasteiger partial charge in [0.05, 0.1) is 0 Å². The normalized spacial score (nSPS) is 14.8. The van der Waals surface area contributed by atoms with Gasteiger partial charge in [0.25, 0.3) is 5.91 Å². The van der Waals surface area contributed by atoms with E-state index in [2.05, 4.69) is 25.2 Å². The molecule has 2 aromatic heterocycles. The Balaban J connectivity index is 1.49. The monoisotopic (exact) mass is 351 g/mol. The zero-order chi connectivity index (χ0) is 18.1. The number of aryl methyl sites for hydroxylation is 2. The van der Waals surface area contributed by atoms with Gasteiger partial charge in [-0.15, -0.1) is 5.10 Å². The van der Waals surface area contributed by atoms with Gasteiger partial charge in [-0.1, -0.05) is 22.9 Å². The van der Waals surface area contributed by atoms with Gasteiger partial charge in [0.2, 0.25) is 0 Å². The number of piperazine rings is 1. The Morgan fingerprint density at radius 3 is 2.50 bits per heavy atom. The smallest absolute Gasteiger partial charge is 0.253 e. The van der Waals surface area contributed by atoms with Gasteiger partial charge in [-0.2, -0.15) is 0 Å². The predicted molar refractivity (Wildman–Crippen MR) is 98.1 cm³/mol. The van der Waals surface area contributed by atoms with Crippen LogP contribution < -0.4 is 4.90 Å². The lowest BCUT2D eigenvalue weighted by Crippen LogP contribution is -2.49. The van der Waals surface area contributed by atoms with E-state index in [1.165, 1.54) is 0 Å². The number of carbonyl (C=O) groups excluding carboxylic acids is 1. The molecule has 134 valence electrons. The molecule has 0 aliphatic carbocycles. The molecule has 1 amide bonds. The van der Waals surface area contributed by atoms with Crippen LogP contribution >= 0.6 is 0 Å². The number of rotatable bonds is 3. The van der Waals surface area contributed by atoms with Crippen LogP contribution in [0.4, 0.5) is 5.82 Å². The van der Waals surface area contributed by atoms with Crippen molar-refractivity contribution < 1.29 is 4.79 Å². The molecule has 0 atom stereocenters. The van der Waals surface area contributed by atoms with Crippen molar-refractivity contribution in [3.05, 3.63) is 41.7 Å². The minimum atomic E-state index is 0.0782. The van der Waals surface area contributed by atoms with Crippen LogP contribution in [0.1, 0.15) is 22.8 Å². The van der Waals surface area contributed by atoms with Crippen molar-refractivity contribution in [1.29, 1.82) is 0 Å². The molecule has 3 aromatic rings. The van der Waals surface area contributed by atoms with E-state index in [-0.39, 0.29) is 5.91 Å². The van der Waals surface area contributed by atoms with Crippen LogP contribution in [0.2, 0.25) is 0 Å². The molecule has 1 saturated heterocycles. The Labute approximate surface area is 151 Å². The van der Waals surface area contributed by atoms with E-state index in [0.29, 0.717) is 38.2 Å². The van der Waals surface area contributed by atoms with Crippen molar-refractivity contribution in [1.82, 2.24) is 29.9 Å². The fraction of sp³-hybridized carbons (Fsp3) is 0.389. The van der Waals surface area contributed by atoms with Crippen molar-refractivity contribution in [3.8, 4) is 0 Å². The van der Waals surface area contributed by atoms with Crippen LogP contribution in [0, 0.1) is 6.92 Å². The second kappa shape index (κ2) is 6.70. The van der Waals surface area contributed by atoms with Crippen molar-refractivity contribution in [2.24, 2.45) is 0 Å². The summed E-state index contributed by atoms with van der Waals surface area (Å²) >= 11 is 0. The third kappa shape index (κ3) is 2.87. The van der Waals surface area contributed by atoms with Crippen LogP contribution in [0.25, 0.3) is 11.2 Å². The van der Waals surface area contributed by atoms with Crippen LogP contribution in [-0.2, 0) is 6.54 Å². The summed E-state index contributed by atoms with van der Waals surface area (Å²) in [5.41, 5.74) is 3.35. The molecule has 0 saturated carbocycles. The summed E-state index contributed by atoms with van der Waals surface area (Å²) in [7, 11) is 0. The van der Waals surface area contributed by atoms with Gasteiger partial charge < -0.3 is 9.80 Å². The largest absolute Gasteiger partial charge is 0.351 e. The highest BCUT2D eigenvalue weighted by Gasteiger charge is 2.25. The maximum Gasteiger partial charge on any atom is 0.253 e. The molecule has 8 nitrogen and oxygen atoms in total. The number of anilines is 1. The van der Waals surface area contributed by atoms with Crippen LogP contribution in [0.3, 0.4) is 0 Å². The number of amides is 1. The molecule has 26 heavy (non-hydrogen) atoms. The van der Waals surface area contributed by atoms with Crippen molar-refractivity contribution in [3.63, 3.8) is 0 Å². The van der Waals surface area contributed by atoms with Crippen LogP contribution in [0.15, 0.2) is 30.6 Å². The number of carbonyl (C=O) groups is 1. The Kier molecular flexibility index (Phi) is 4.24. The second-order valence-electron chi connectivity index (χ2n) is 6.42. The van der Waals surface area contributed by atoms with E-state index in [9.17, 15) is 4.79 Å². The van der Waals surface area contributed by atoms with Gasteiger partial charge in [-0.3, -0.25) is 4.79 Å². The molecule has 0 N–H and O–H groups in total. The highest BCUT2D eigenvalue weighted by molar-refractivity contribution is 5.94. The maximum atomic E-state index is 12.7. The Morgan fingerprint density at radius 2 is 1.81 bits per heavy atom. The Hall–Kier alpha value is -3.03. The topological polar surface area (TPSA) is 80.0 Å². The molecule has 1 aliphatic heterocycles. The van der Waals surface area contributed by atoms with E-state index < -0.39 is 0 Å². The predicted octanol–water partition coefficient (Wildman–Crippen LogP) is 1.51. The summed E-state index contributed by atoms with van der Waals surface area (Å²) in [4.78, 5) is 25.4. The fourth-order valence-electron chi connectivity index (χ4n) is 3.22. The molecule has 0 unspecified atom stereocenters. The molecule has 1 fully saturated rings. The first-order chi connectivity index (χ1) is 12.7. The SMILES string of the molecule is CCn1nnc2c(N3CCN(C(=O)c4ccc(C)cc4)CC3)ncnc21. The summed E-state index contributed by atoms with van der Waals surface area (Å²) in [5, 5.41) is 8.37. The van der Waals surface area contributed by atoms with Gasteiger partial charge in [-0.05, 0) is 26.0 Å². The highest BCUT2D eigenvalue weighted by atomic mass is 16.2. The Bertz CT molecular complexity index is 926. The quantitative estimate of drug-likeness (QED) is 0.712. The third-order valence-corrected chi connectivity index (χ3v) is 4.75. The average molecular weight is 351 g/mol. The summed E-state index contributed by atoms with van der Waals surface area (Å²) < 4.78 is 1.76. The van der Waals surface area contributed by atoms with Gasteiger partial charge >= 0.3 is 0 Å². The summed E-state index contributed by atoms with van der Waals surface area (Å²) in [6, 6.07) is 7.72. The fourth-order valence-corrected chi connectivity index (χ4v) is 3.22. The molecule has 0 radical (unpaired) electrons. The zero-order valence-corrected chi connectivity index (χ0v) is 15.0. The summed E-state index contributed by atoms with van der Waals surface area (Å²) in [6.45, 7) is 7.47. The average Bonchev–Trinajstić information content (AvgIpc) is 3.11. The Morgan fingerprint density at radius 1 is 1.08 bits per heavy atom.